The topological polar surface area (TPSA) is 61.8 Å². The van der Waals surface area contributed by atoms with E-state index in [4.69, 9.17) is 0 Å². The zero-order valence-corrected chi connectivity index (χ0v) is 16.4. The van der Waals surface area contributed by atoms with E-state index in [0.717, 1.165) is 29.7 Å². The van der Waals surface area contributed by atoms with Crippen LogP contribution in [0.1, 0.15) is 42.4 Å². The molecule has 2 aliphatic rings. The maximum Gasteiger partial charge on any atom is 0.267 e. The Morgan fingerprint density at radius 3 is 2.57 bits per heavy atom. The number of hydrazone groups is 1. The van der Waals surface area contributed by atoms with Gasteiger partial charge in [-0.1, -0.05) is 42.5 Å². The highest BCUT2D eigenvalue weighted by Crippen LogP contribution is 2.47. The zero-order chi connectivity index (χ0) is 19.7. The second kappa shape index (κ2) is 7.23. The summed E-state index contributed by atoms with van der Waals surface area (Å²) < 4.78 is 0. The second-order valence-corrected chi connectivity index (χ2v) is 7.87. The van der Waals surface area contributed by atoms with Crippen molar-refractivity contribution in [2.24, 2.45) is 5.10 Å². The number of carbonyl (C=O) groups is 2. The van der Waals surface area contributed by atoms with Crippen LogP contribution in [0.2, 0.25) is 0 Å². The van der Waals surface area contributed by atoms with E-state index >= 15 is 0 Å². The molecule has 1 aliphatic heterocycles. The number of anilines is 1. The van der Waals surface area contributed by atoms with Crippen molar-refractivity contribution in [2.75, 3.05) is 11.6 Å². The number of nitrogens with zero attached hydrogens (tertiary/aromatic N) is 2. The fourth-order valence-corrected chi connectivity index (χ4v) is 3.71. The molecule has 0 unspecified atom stereocenters. The molecule has 1 saturated carbocycles. The number of hydrogen-bond donors (Lipinski definition) is 1. The Hall–Kier alpha value is -2.95. The van der Waals surface area contributed by atoms with Crippen LogP contribution in [-0.2, 0) is 15.0 Å². The maximum atomic E-state index is 12.8. The van der Waals surface area contributed by atoms with Gasteiger partial charge in [0.1, 0.15) is 5.71 Å². The van der Waals surface area contributed by atoms with Gasteiger partial charge in [0.2, 0.25) is 5.91 Å². The summed E-state index contributed by atoms with van der Waals surface area (Å²) in [6.07, 6.45) is 2.83. The first-order chi connectivity index (χ1) is 13.5. The second-order valence-electron chi connectivity index (χ2n) is 7.87. The molecule has 0 spiro atoms. The van der Waals surface area contributed by atoms with E-state index in [1.165, 1.54) is 10.6 Å². The fraction of sp³-hybridized carbons (Fsp3) is 0.348. The zero-order valence-electron chi connectivity index (χ0n) is 16.4. The molecule has 2 aromatic rings. The van der Waals surface area contributed by atoms with Gasteiger partial charge in [-0.2, -0.15) is 5.10 Å². The van der Waals surface area contributed by atoms with Crippen LogP contribution < -0.4 is 10.3 Å². The third-order valence-corrected chi connectivity index (χ3v) is 5.71. The third-order valence-electron chi connectivity index (χ3n) is 5.71. The number of nitrogens with one attached hydrogen (secondary N) is 1. The molecule has 144 valence electrons. The van der Waals surface area contributed by atoms with Crippen molar-refractivity contribution in [2.45, 2.75) is 44.9 Å². The van der Waals surface area contributed by atoms with Crippen molar-refractivity contribution in [1.29, 1.82) is 0 Å². The van der Waals surface area contributed by atoms with Gasteiger partial charge < -0.3 is 5.32 Å². The predicted molar refractivity (Wildman–Crippen MR) is 110 cm³/mol. The first kappa shape index (κ1) is 18.4. The molecule has 2 amide bonds. The first-order valence-electron chi connectivity index (χ1n) is 9.80. The van der Waals surface area contributed by atoms with E-state index in [-0.39, 0.29) is 17.2 Å². The van der Waals surface area contributed by atoms with Crippen LogP contribution in [0.25, 0.3) is 0 Å². The van der Waals surface area contributed by atoms with Gasteiger partial charge in [-0.15, -0.1) is 0 Å². The molecule has 4 rings (SSSR count). The summed E-state index contributed by atoms with van der Waals surface area (Å²) in [7, 11) is 0. The molecule has 1 heterocycles. The molecule has 1 aliphatic carbocycles. The molecule has 2 aromatic carbocycles. The van der Waals surface area contributed by atoms with E-state index in [0.29, 0.717) is 25.1 Å². The Kier molecular flexibility index (Phi) is 4.75. The van der Waals surface area contributed by atoms with Crippen LogP contribution in [0.4, 0.5) is 5.69 Å². The summed E-state index contributed by atoms with van der Waals surface area (Å²) in [5.74, 6) is -0.252. The smallest absolute Gasteiger partial charge is 0.267 e. The monoisotopic (exact) mass is 375 g/mol. The molecule has 0 aromatic heterocycles. The van der Waals surface area contributed by atoms with Crippen molar-refractivity contribution in [3.63, 3.8) is 0 Å². The molecule has 1 N–H and O–H groups in total. The quantitative estimate of drug-likeness (QED) is 0.867. The van der Waals surface area contributed by atoms with Crippen LogP contribution in [0.15, 0.2) is 53.6 Å². The average molecular weight is 375 g/mol. The summed E-state index contributed by atoms with van der Waals surface area (Å²) in [5, 5.41) is 8.87. The molecule has 28 heavy (non-hydrogen) atoms. The number of aryl methyl sites for hydroxylation is 2. The summed E-state index contributed by atoms with van der Waals surface area (Å²) in [6, 6.07) is 16.2. The van der Waals surface area contributed by atoms with Gasteiger partial charge in [0, 0.05) is 24.8 Å². The molecule has 0 radical (unpaired) electrons. The highest BCUT2D eigenvalue weighted by atomic mass is 16.2. The Morgan fingerprint density at radius 2 is 1.86 bits per heavy atom. The molecule has 5 nitrogen and oxygen atoms in total. The predicted octanol–water partition coefficient (Wildman–Crippen LogP) is 3.63. The maximum absolute atomic E-state index is 12.8. The minimum atomic E-state index is -0.176. The lowest BCUT2D eigenvalue weighted by molar-refractivity contribution is -0.119. The van der Waals surface area contributed by atoms with Crippen LogP contribution in [0, 0.1) is 13.8 Å². The average Bonchev–Trinajstić information content (AvgIpc) is 3.50. The Balaban J connectivity index is 1.50. The Morgan fingerprint density at radius 1 is 1.11 bits per heavy atom. The summed E-state index contributed by atoms with van der Waals surface area (Å²) in [6.45, 7) is 4.53. The van der Waals surface area contributed by atoms with E-state index < -0.39 is 0 Å². The highest BCUT2D eigenvalue weighted by Gasteiger charge is 2.44. The molecular weight excluding hydrogens is 350 g/mol. The van der Waals surface area contributed by atoms with Gasteiger partial charge in [0.25, 0.3) is 5.91 Å². The fourth-order valence-electron chi connectivity index (χ4n) is 3.71. The largest absolute Gasteiger partial charge is 0.350 e. The normalized spacial score (nSPS) is 17.9. The molecule has 0 atom stereocenters. The highest BCUT2D eigenvalue weighted by molar-refractivity contribution is 6.40. The van der Waals surface area contributed by atoms with E-state index in [1.54, 1.807) is 0 Å². The van der Waals surface area contributed by atoms with Gasteiger partial charge in [0.15, 0.2) is 0 Å². The number of amides is 2. The first-order valence-corrected chi connectivity index (χ1v) is 9.80. The Bertz CT molecular complexity index is 946. The summed E-state index contributed by atoms with van der Waals surface area (Å²) in [4.78, 5) is 25.2. The number of rotatable bonds is 5. The van der Waals surface area contributed by atoms with Gasteiger partial charge in [0.05, 0.1) is 5.69 Å². The van der Waals surface area contributed by atoms with E-state index in [1.807, 2.05) is 50.2 Å². The Labute approximate surface area is 165 Å². The van der Waals surface area contributed by atoms with E-state index in [9.17, 15) is 9.59 Å². The molecule has 0 saturated heterocycles. The van der Waals surface area contributed by atoms with Crippen molar-refractivity contribution >= 4 is 23.2 Å². The number of benzene rings is 2. The van der Waals surface area contributed by atoms with Crippen molar-refractivity contribution in [1.82, 2.24) is 5.32 Å². The van der Waals surface area contributed by atoms with Crippen molar-refractivity contribution < 1.29 is 9.59 Å². The summed E-state index contributed by atoms with van der Waals surface area (Å²) >= 11 is 0. The lowest BCUT2D eigenvalue weighted by atomic mass is 9.96. The van der Waals surface area contributed by atoms with Crippen LogP contribution in [-0.4, -0.2) is 24.1 Å². The van der Waals surface area contributed by atoms with Crippen LogP contribution in [0.5, 0.6) is 0 Å². The van der Waals surface area contributed by atoms with Gasteiger partial charge in [-0.25, -0.2) is 5.01 Å². The number of carbonyl (C=O) groups excluding carboxylic acids is 2. The van der Waals surface area contributed by atoms with Crippen molar-refractivity contribution in [3.8, 4) is 0 Å². The SMILES string of the molecule is Cc1ccc(C)c(N2N=C(C(=O)NCC3(c4ccccc4)CC3)CCC2=O)c1. The van der Waals surface area contributed by atoms with Gasteiger partial charge in [-0.05, 0) is 49.4 Å². The van der Waals surface area contributed by atoms with Crippen LogP contribution >= 0.6 is 0 Å². The van der Waals surface area contributed by atoms with Gasteiger partial charge in [-0.3, -0.25) is 9.59 Å². The minimum absolute atomic E-state index is 0.0504. The minimum Gasteiger partial charge on any atom is -0.350 e. The lowest BCUT2D eigenvalue weighted by Crippen LogP contribution is -2.41. The standard InChI is InChI=1S/C23H25N3O2/c1-16-8-9-17(2)20(14-16)26-21(27)11-10-19(25-26)22(28)24-15-23(12-13-23)18-6-4-3-5-7-18/h3-9,14H,10-13,15H2,1-2H3,(H,24,28). The van der Waals surface area contributed by atoms with E-state index in [2.05, 4.69) is 22.6 Å². The molecule has 0 bridgehead atoms. The third kappa shape index (κ3) is 3.57. The summed E-state index contributed by atoms with van der Waals surface area (Å²) in [5.41, 5.74) is 4.51. The molecular formula is C23H25N3O2. The van der Waals surface area contributed by atoms with Gasteiger partial charge >= 0.3 is 0 Å². The van der Waals surface area contributed by atoms with Crippen molar-refractivity contribution in [3.05, 3.63) is 65.2 Å². The lowest BCUT2D eigenvalue weighted by Gasteiger charge is -2.25. The number of hydrogen-bond acceptors (Lipinski definition) is 3. The molecule has 5 heteroatoms. The molecule has 1 fully saturated rings. The van der Waals surface area contributed by atoms with Crippen LogP contribution in [0.3, 0.4) is 0 Å².